The molecule has 0 unspecified atom stereocenters. The first-order valence-electron chi connectivity index (χ1n) is 10.1. The number of benzene rings is 1. The number of primary amides is 1. The van der Waals surface area contributed by atoms with Gasteiger partial charge >= 0.3 is 0 Å². The van der Waals surface area contributed by atoms with E-state index in [1.807, 2.05) is 0 Å². The summed E-state index contributed by atoms with van der Waals surface area (Å²) >= 11 is 0. The summed E-state index contributed by atoms with van der Waals surface area (Å²) in [6.07, 6.45) is 4.88. The van der Waals surface area contributed by atoms with Gasteiger partial charge in [0, 0.05) is 36.6 Å². The van der Waals surface area contributed by atoms with Crippen LogP contribution in [-0.2, 0) is 9.47 Å². The minimum atomic E-state index is -0.628. The fraction of sp³-hybridized carbons (Fsp3) is 0.348. The van der Waals surface area contributed by atoms with Crippen molar-refractivity contribution in [3.63, 3.8) is 0 Å². The van der Waals surface area contributed by atoms with Crippen molar-refractivity contribution in [1.82, 2.24) is 9.97 Å². The van der Waals surface area contributed by atoms with Gasteiger partial charge in [-0.1, -0.05) is 6.07 Å². The SMILES string of the molecule is CC1(OCCOc2ccc(-c3cncc4ccc(C(N)=O)nc34)cc2F)CCOCC1. The lowest BCUT2D eigenvalue weighted by molar-refractivity contribution is -0.104. The van der Waals surface area contributed by atoms with E-state index in [-0.39, 0.29) is 23.7 Å². The Morgan fingerprint density at radius 3 is 2.74 bits per heavy atom. The Hall–Kier alpha value is -3.10. The number of halogens is 1. The van der Waals surface area contributed by atoms with E-state index in [9.17, 15) is 9.18 Å². The van der Waals surface area contributed by atoms with Crippen LogP contribution in [0.3, 0.4) is 0 Å². The van der Waals surface area contributed by atoms with Crippen molar-refractivity contribution in [1.29, 1.82) is 0 Å². The molecule has 1 amide bonds. The Bertz CT molecular complexity index is 1100. The summed E-state index contributed by atoms with van der Waals surface area (Å²) in [5.74, 6) is -0.988. The summed E-state index contributed by atoms with van der Waals surface area (Å²) in [6, 6.07) is 7.92. The molecule has 1 saturated heterocycles. The second kappa shape index (κ2) is 8.95. The smallest absolute Gasteiger partial charge is 0.267 e. The number of carbonyl (C=O) groups is 1. The number of aromatic nitrogens is 2. The Labute approximate surface area is 179 Å². The Morgan fingerprint density at radius 1 is 1.19 bits per heavy atom. The van der Waals surface area contributed by atoms with Crippen LogP contribution in [0.1, 0.15) is 30.3 Å². The number of nitrogens with two attached hydrogens (primary N) is 1. The second-order valence-electron chi connectivity index (χ2n) is 7.72. The van der Waals surface area contributed by atoms with E-state index in [1.165, 1.54) is 12.1 Å². The van der Waals surface area contributed by atoms with E-state index in [4.69, 9.17) is 19.9 Å². The van der Waals surface area contributed by atoms with Crippen LogP contribution < -0.4 is 10.5 Å². The van der Waals surface area contributed by atoms with E-state index in [2.05, 4.69) is 16.9 Å². The van der Waals surface area contributed by atoms with E-state index < -0.39 is 11.7 Å². The summed E-state index contributed by atoms with van der Waals surface area (Å²) in [7, 11) is 0. The van der Waals surface area contributed by atoms with Crippen molar-refractivity contribution in [2.75, 3.05) is 26.4 Å². The van der Waals surface area contributed by atoms with Crippen LogP contribution >= 0.6 is 0 Å². The standard InChI is InChI=1S/C23H24FN3O4/c1-23(6-8-29-9-7-23)31-11-10-30-20-5-3-15(12-18(20)24)17-14-26-13-16-2-4-19(22(25)28)27-21(16)17/h2-5,12-14H,6-11H2,1H3,(H2,25,28). The highest BCUT2D eigenvalue weighted by atomic mass is 19.1. The van der Waals surface area contributed by atoms with Crippen molar-refractivity contribution < 1.29 is 23.4 Å². The number of hydrogen-bond donors (Lipinski definition) is 1. The monoisotopic (exact) mass is 425 g/mol. The molecule has 1 aliphatic rings. The van der Waals surface area contributed by atoms with Gasteiger partial charge in [-0.3, -0.25) is 9.78 Å². The van der Waals surface area contributed by atoms with Crippen LogP contribution in [0.5, 0.6) is 5.75 Å². The number of amides is 1. The summed E-state index contributed by atoms with van der Waals surface area (Å²) in [5, 5.41) is 0.724. The molecule has 3 aromatic rings. The molecule has 0 radical (unpaired) electrons. The maximum absolute atomic E-state index is 14.7. The van der Waals surface area contributed by atoms with E-state index in [1.54, 1.807) is 30.6 Å². The van der Waals surface area contributed by atoms with Crippen molar-refractivity contribution in [3.05, 3.63) is 54.2 Å². The van der Waals surface area contributed by atoms with Gasteiger partial charge in [-0.2, -0.15) is 0 Å². The minimum absolute atomic E-state index is 0.138. The highest BCUT2D eigenvalue weighted by Crippen LogP contribution is 2.30. The molecule has 162 valence electrons. The van der Waals surface area contributed by atoms with Gasteiger partial charge in [-0.15, -0.1) is 0 Å². The number of fused-ring (bicyclic) bond motifs is 1. The molecule has 2 aromatic heterocycles. The van der Waals surface area contributed by atoms with Crippen LogP contribution in [-0.4, -0.2) is 47.9 Å². The van der Waals surface area contributed by atoms with E-state index >= 15 is 0 Å². The quantitative estimate of drug-likeness (QED) is 0.582. The van der Waals surface area contributed by atoms with Crippen LogP contribution in [0.2, 0.25) is 0 Å². The van der Waals surface area contributed by atoms with Gasteiger partial charge in [-0.25, -0.2) is 9.37 Å². The molecule has 0 bridgehead atoms. The van der Waals surface area contributed by atoms with E-state index in [0.717, 1.165) is 18.2 Å². The van der Waals surface area contributed by atoms with Crippen molar-refractivity contribution in [2.45, 2.75) is 25.4 Å². The second-order valence-corrected chi connectivity index (χ2v) is 7.72. The average molecular weight is 425 g/mol. The molecule has 0 saturated carbocycles. The third kappa shape index (κ3) is 4.81. The first-order valence-corrected chi connectivity index (χ1v) is 10.1. The fourth-order valence-electron chi connectivity index (χ4n) is 3.56. The average Bonchev–Trinajstić information content (AvgIpc) is 2.77. The van der Waals surface area contributed by atoms with Gasteiger partial charge in [-0.05, 0) is 49.6 Å². The van der Waals surface area contributed by atoms with Crippen molar-refractivity contribution in [3.8, 4) is 16.9 Å². The molecule has 1 aliphatic heterocycles. The summed E-state index contributed by atoms with van der Waals surface area (Å²) < 4.78 is 31.6. The zero-order valence-corrected chi connectivity index (χ0v) is 17.3. The lowest BCUT2D eigenvalue weighted by Gasteiger charge is -2.33. The molecule has 1 aromatic carbocycles. The first-order chi connectivity index (χ1) is 15.0. The third-order valence-corrected chi connectivity index (χ3v) is 5.44. The summed E-state index contributed by atoms with van der Waals surface area (Å²) in [5.41, 5.74) is 6.96. The van der Waals surface area contributed by atoms with Gasteiger partial charge in [0.2, 0.25) is 0 Å². The maximum Gasteiger partial charge on any atom is 0.267 e. The molecule has 4 rings (SSSR count). The lowest BCUT2D eigenvalue weighted by atomic mass is 9.97. The predicted octanol–water partition coefficient (Wildman–Crippen LogP) is 3.50. The molecule has 1 fully saturated rings. The van der Waals surface area contributed by atoms with E-state index in [0.29, 0.717) is 36.5 Å². The zero-order chi connectivity index (χ0) is 21.8. The molecule has 0 aliphatic carbocycles. The first kappa shape index (κ1) is 21.1. The topological polar surface area (TPSA) is 96.6 Å². The van der Waals surface area contributed by atoms with Gasteiger partial charge < -0.3 is 19.9 Å². The fourth-order valence-corrected chi connectivity index (χ4v) is 3.56. The highest BCUT2D eigenvalue weighted by molar-refractivity contribution is 5.97. The van der Waals surface area contributed by atoms with Gasteiger partial charge in [0.1, 0.15) is 12.3 Å². The zero-order valence-electron chi connectivity index (χ0n) is 17.3. The Balaban J connectivity index is 1.47. The number of carbonyl (C=O) groups excluding carboxylic acids is 1. The number of pyridine rings is 2. The maximum atomic E-state index is 14.7. The van der Waals surface area contributed by atoms with Crippen LogP contribution in [0, 0.1) is 5.82 Å². The molecule has 8 heteroatoms. The normalized spacial score (nSPS) is 15.7. The highest BCUT2D eigenvalue weighted by Gasteiger charge is 2.27. The molecule has 0 spiro atoms. The number of ether oxygens (including phenoxy) is 3. The van der Waals surface area contributed by atoms with Crippen molar-refractivity contribution >= 4 is 16.8 Å². The summed E-state index contributed by atoms with van der Waals surface area (Å²) in [6.45, 7) is 4.04. The van der Waals surface area contributed by atoms with Crippen LogP contribution in [0.4, 0.5) is 4.39 Å². The van der Waals surface area contributed by atoms with Gasteiger partial charge in [0.15, 0.2) is 11.6 Å². The summed E-state index contributed by atoms with van der Waals surface area (Å²) in [4.78, 5) is 20.0. The number of hydrogen-bond acceptors (Lipinski definition) is 6. The molecule has 2 N–H and O–H groups in total. The molecule has 31 heavy (non-hydrogen) atoms. The molecule has 7 nitrogen and oxygen atoms in total. The number of rotatable bonds is 7. The van der Waals surface area contributed by atoms with Crippen LogP contribution in [0.15, 0.2) is 42.7 Å². The van der Waals surface area contributed by atoms with Gasteiger partial charge in [0.05, 0.1) is 17.7 Å². The predicted molar refractivity (Wildman–Crippen MR) is 113 cm³/mol. The largest absolute Gasteiger partial charge is 0.488 e. The molecule has 0 atom stereocenters. The lowest BCUT2D eigenvalue weighted by Crippen LogP contribution is -2.37. The van der Waals surface area contributed by atoms with Crippen molar-refractivity contribution in [2.24, 2.45) is 5.73 Å². The third-order valence-electron chi connectivity index (χ3n) is 5.44. The number of nitrogens with zero attached hydrogens (tertiary/aromatic N) is 2. The van der Waals surface area contributed by atoms with Crippen LogP contribution in [0.25, 0.3) is 22.0 Å². The Kier molecular flexibility index (Phi) is 6.11. The Morgan fingerprint density at radius 2 is 2.00 bits per heavy atom. The molecular weight excluding hydrogens is 401 g/mol. The van der Waals surface area contributed by atoms with Gasteiger partial charge in [0.25, 0.3) is 5.91 Å². The molecule has 3 heterocycles. The molecular formula is C23H24FN3O4. The minimum Gasteiger partial charge on any atom is -0.488 e.